The monoisotopic (exact) mass is 398 g/mol. The third kappa shape index (κ3) is 3.87. The second-order valence-electron chi connectivity index (χ2n) is 6.46. The molecule has 8 heteroatoms. The van der Waals surface area contributed by atoms with Crippen LogP contribution in [0.4, 0.5) is 4.39 Å². The van der Waals surface area contributed by atoms with Gasteiger partial charge < -0.3 is 14.6 Å². The smallest absolute Gasteiger partial charge is 0.230 e. The van der Waals surface area contributed by atoms with Crippen molar-refractivity contribution in [3.8, 4) is 17.1 Å². The highest BCUT2D eigenvalue weighted by Gasteiger charge is 2.23. The number of nitrogens with one attached hydrogen (secondary N) is 1. The van der Waals surface area contributed by atoms with Crippen LogP contribution in [-0.4, -0.2) is 33.0 Å². The van der Waals surface area contributed by atoms with Gasteiger partial charge in [-0.05, 0) is 30.3 Å². The molecular formula is C20H19FN4O2S. The average Bonchev–Trinajstić information content (AvgIpc) is 3.08. The van der Waals surface area contributed by atoms with Crippen LogP contribution < -0.4 is 10.1 Å². The molecule has 0 fully saturated rings. The lowest BCUT2D eigenvalue weighted by molar-refractivity contribution is -0.119. The minimum absolute atomic E-state index is 0.0488. The zero-order valence-electron chi connectivity index (χ0n) is 15.3. The molecule has 1 unspecified atom stereocenters. The number of aromatic nitrogens is 3. The van der Waals surface area contributed by atoms with Gasteiger partial charge in [0.05, 0.1) is 18.4 Å². The van der Waals surface area contributed by atoms with Gasteiger partial charge in [0.15, 0.2) is 11.0 Å². The summed E-state index contributed by atoms with van der Waals surface area (Å²) in [5.41, 5.74) is 1.77. The third-order valence-corrected chi connectivity index (χ3v) is 5.58. The number of amides is 1. The normalized spacial score (nSPS) is 15.6. The lowest BCUT2D eigenvalue weighted by Gasteiger charge is -2.26. The molecule has 1 aliphatic rings. The maximum atomic E-state index is 13.1. The molecule has 0 saturated heterocycles. The third-order valence-electron chi connectivity index (χ3n) is 4.56. The highest BCUT2D eigenvalue weighted by Crippen LogP contribution is 2.31. The van der Waals surface area contributed by atoms with Crippen molar-refractivity contribution in [2.24, 2.45) is 7.05 Å². The number of hydrogen-bond acceptors (Lipinski definition) is 5. The van der Waals surface area contributed by atoms with Crippen molar-refractivity contribution in [1.82, 2.24) is 20.1 Å². The fourth-order valence-corrected chi connectivity index (χ4v) is 3.87. The summed E-state index contributed by atoms with van der Waals surface area (Å²) in [6, 6.07) is 13.8. The van der Waals surface area contributed by atoms with Gasteiger partial charge in [0, 0.05) is 24.6 Å². The molecule has 2 heterocycles. The molecule has 144 valence electrons. The van der Waals surface area contributed by atoms with Crippen LogP contribution in [0.1, 0.15) is 18.0 Å². The number of rotatable bonds is 5. The van der Waals surface area contributed by atoms with Gasteiger partial charge in [-0.25, -0.2) is 4.39 Å². The van der Waals surface area contributed by atoms with E-state index in [-0.39, 0.29) is 23.5 Å². The van der Waals surface area contributed by atoms with Gasteiger partial charge >= 0.3 is 0 Å². The molecule has 1 amide bonds. The maximum Gasteiger partial charge on any atom is 0.230 e. The molecule has 6 nitrogen and oxygen atoms in total. The summed E-state index contributed by atoms with van der Waals surface area (Å²) in [6.45, 7) is 0.583. The van der Waals surface area contributed by atoms with E-state index >= 15 is 0 Å². The molecule has 4 rings (SSSR count). The van der Waals surface area contributed by atoms with E-state index in [2.05, 4.69) is 15.5 Å². The number of carbonyl (C=O) groups is 1. The molecule has 3 aromatic rings. The largest absolute Gasteiger partial charge is 0.493 e. The maximum absolute atomic E-state index is 13.1. The van der Waals surface area contributed by atoms with Crippen molar-refractivity contribution in [1.29, 1.82) is 0 Å². The molecule has 2 aromatic carbocycles. The van der Waals surface area contributed by atoms with Crippen molar-refractivity contribution >= 4 is 17.7 Å². The lowest BCUT2D eigenvalue weighted by atomic mass is 10.0. The number of hydrogen-bond donors (Lipinski definition) is 1. The molecule has 28 heavy (non-hydrogen) atoms. The molecule has 0 bridgehead atoms. The van der Waals surface area contributed by atoms with Gasteiger partial charge in [-0.2, -0.15) is 0 Å². The summed E-state index contributed by atoms with van der Waals surface area (Å²) in [6.07, 6.45) is 0.742. The highest BCUT2D eigenvalue weighted by atomic mass is 32.2. The summed E-state index contributed by atoms with van der Waals surface area (Å²) >= 11 is 1.32. The summed E-state index contributed by atoms with van der Waals surface area (Å²) < 4.78 is 20.5. The topological polar surface area (TPSA) is 69.0 Å². The SMILES string of the molecule is Cn1c(SCC(=O)NC2CCOc3ccccc32)nnc1-c1ccc(F)cc1. The van der Waals surface area contributed by atoms with Crippen LogP contribution in [0, 0.1) is 5.82 Å². The second kappa shape index (κ2) is 8.02. The van der Waals surface area contributed by atoms with E-state index in [4.69, 9.17) is 4.74 Å². The van der Waals surface area contributed by atoms with Crippen LogP contribution in [0.15, 0.2) is 53.7 Å². The van der Waals surface area contributed by atoms with E-state index in [1.54, 1.807) is 16.7 Å². The Kier molecular flexibility index (Phi) is 5.29. The molecule has 1 N–H and O–H groups in total. The Morgan fingerprint density at radius 2 is 2.04 bits per heavy atom. The molecular weight excluding hydrogens is 379 g/mol. The Balaban J connectivity index is 1.39. The van der Waals surface area contributed by atoms with E-state index in [0.29, 0.717) is 17.6 Å². The van der Waals surface area contributed by atoms with E-state index in [1.807, 2.05) is 31.3 Å². The summed E-state index contributed by atoms with van der Waals surface area (Å²) in [4.78, 5) is 12.4. The van der Waals surface area contributed by atoms with E-state index in [0.717, 1.165) is 23.3 Å². The van der Waals surface area contributed by atoms with Gasteiger partial charge in [-0.3, -0.25) is 4.79 Å². The molecule has 0 spiro atoms. The first kappa shape index (κ1) is 18.5. The quantitative estimate of drug-likeness (QED) is 0.668. The molecule has 0 saturated carbocycles. The second-order valence-corrected chi connectivity index (χ2v) is 7.40. The summed E-state index contributed by atoms with van der Waals surface area (Å²) in [7, 11) is 1.83. The fourth-order valence-electron chi connectivity index (χ4n) is 3.15. The number of fused-ring (bicyclic) bond motifs is 1. The van der Waals surface area contributed by atoms with Gasteiger partial charge in [0.25, 0.3) is 0 Å². The average molecular weight is 398 g/mol. The first-order chi connectivity index (χ1) is 13.6. The van der Waals surface area contributed by atoms with E-state index < -0.39 is 0 Å². The van der Waals surface area contributed by atoms with Gasteiger partial charge in [-0.15, -0.1) is 10.2 Å². The van der Waals surface area contributed by atoms with Crippen molar-refractivity contribution in [2.45, 2.75) is 17.6 Å². The van der Waals surface area contributed by atoms with Gasteiger partial charge in [-0.1, -0.05) is 30.0 Å². The van der Waals surface area contributed by atoms with Crippen molar-refractivity contribution in [3.05, 3.63) is 59.9 Å². The number of para-hydroxylation sites is 1. The van der Waals surface area contributed by atoms with Crippen molar-refractivity contribution < 1.29 is 13.9 Å². The lowest BCUT2D eigenvalue weighted by Crippen LogP contribution is -2.33. The predicted octanol–water partition coefficient (Wildman–Crippen LogP) is 3.35. The van der Waals surface area contributed by atoms with Crippen LogP contribution >= 0.6 is 11.8 Å². The number of carbonyl (C=O) groups excluding carboxylic acids is 1. The minimum atomic E-state index is -0.299. The molecule has 1 atom stereocenters. The fraction of sp³-hybridized carbons (Fsp3) is 0.250. The molecule has 0 radical (unpaired) electrons. The van der Waals surface area contributed by atoms with E-state index in [9.17, 15) is 9.18 Å². The van der Waals surface area contributed by atoms with E-state index in [1.165, 1.54) is 23.9 Å². The van der Waals surface area contributed by atoms with Crippen LogP contribution in [0.5, 0.6) is 5.75 Å². The molecule has 0 aliphatic carbocycles. The Bertz CT molecular complexity index is 990. The Morgan fingerprint density at radius 3 is 2.86 bits per heavy atom. The van der Waals surface area contributed by atoms with Crippen LogP contribution in [0.2, 0.25) is 0 Å². The van der Waals surface area contributed by atoms with Crippen LogP contribution in [0.3, 0.4) is 0 Å². The Labute approximate surface area is 166 Å². The van der Waals surface area contributed by atoms with Crippen molar-refractivity contribution in [2.75, 3.05) is 12.4 Å². The first-order valence-corrected chi connectivity index (χ1v) is 9.89. The van der Waals surface area contributed by atoms with Crippen LogP contribution in [0.25, 0.3) is 11.4 Å². The zero-order valence-corrected chi connectivity index (χ0v) is 16.1. The minimum Gasteiger partial charge on any atom is -0.493 e. The first-order valence-electron chi connectivity index (χ1n) is 8.91. The number of halogens is 1. The standard InChI is InChI=1S/C20H19FN4O2S/c1-25-19(13-6-8-14(21)9-7-13)23-24-20(25)28-12-18(26)22-16-10-11-27-17-5-3-2-4-15(16)17/h2-9,16H,10-12H2,1H3,(H,22,26). The van der Waals surface area contributed by atoms with Crippen molar-refractivity contribution in [3.63, 3.8) is 0 Å². The molecule has 1 aliphatic heterocycles. The number of thioether (sulfide) groups is 1. The number of ether oxygens (including phenoxy) is 1. The van der Waals surface area contributed by atoms with Gasteiger partial charge in [0.1, 0.15) is 11.6 Å². The Morgan fingerprint density at radius 1 is 1.25 bits per heavy atom. The highest BCUT2D eigenvalue weighted by molar-refractivity contribution is 7.99. The zero-order chi connectivity index (χ0) is 19.5. The summed E-state index contributed by atoms with van der Waals surface area (Å²) in [5.74, 6) is 1.31. The molecule has 1 aromatic heterocycles. The summed E-state index contributed by atoms with van der Waals surface area (Å²) in [5, 5.41) is 12.0. The number of benzene rings is 2. The van der Waals surface area contributed by atoms with Crippen LogP contribution in [-0.2, 0) is 11.8 Å². The predicted molar refractivity (Wildman–Crippen MR) is 105 cm³/mol. The Hall–Kier alpha value is -2.87. The van der Waals surface area contributed by atoms with Gasteiger partial charge in [0.2, 0.25) is 5.91 Å². The number of nitrogens with zero attached hydrogens (tertiary/aromatic N) is 3.